The fourth-order valence-electron chi connectivity index (χ4n) is 2.08. The van der Waals surface area contributed by atoms with E-state index < -0.39 is 0 Å². The van der Waals surface area contributed by atoms with Gasteiger partial charge in [-0.15, -0.1) is 0 Å². The number of hydrogen-bond acceptors (Lipinski definition) is 4. The van der Waals surface area contributed by atoms with Crippen LogP contribution in [-0.2, 0) is 9.68 Å². The lowest BCUT2D eigenvalue weighted by atomic mass is 10.0. The fraction of sp³-hybridized carbons (Fsp3) is 0.833. The van der Waals surface area contributed by atoms with Gasteiger partial charge >= 0.3 is 0 Å². The maximum Gasteiger partial charge on any atom is 0.172 e. The first-order chi connectivity index (χ1) is 7.90. The van der Waals surface area contributed by atoms with Gasteiger partial charge in [0.05, 0.1) is 5.71 Å². The lowest BCUT2D eigenvalue weighted by molar-refractivity contribution is -0.0426. The van der Waals surface area contributed by atoms with Crippen LogP contribution in [0.5, 0.6) is 0 Å². The first kappa shape index (κ1) is 11.4. The van der Waals surface area contributed by atoms with Crippen molar-refractivity contribution < 1.29 is 9.68 Å². The summed E-state index contributed by atoms with van der Waals surface area (Å²) in [5.41, 5.74) is 1.19. The molecule has 2 aliphatic heterocycles. The van der Waals surface area contributed by atoms with Gasteiger partial charge < -0.3 is 9.68 Å². The Balaban J connectivity index is 1.62. The molecule has 4 heteroatoms. The van der Waals surface area contributed by atoms with Crippen molar-refractivity contribution in [1.82, 2.24) is 0 Å². The topological polar surface area (TPSA) is 43.2 Å². The van der Waals surface area contributed by atoms with Crippen molar-refractivity contribution in [3.8, 4) is 0 Å². The highest BCUT2D eigenvalue weighted by Gasteiger charge is 2.32. The minimum absolute atomic E-state index is 0.0805. The zero-order chi connectivity index (χ0) is 11.2. The van der Waals surface area contributed by atoms with Gasteiger partial charge in [0.15, 0.2) is 12.2 Å². The molecule has 16 heavy (non-hydrogen) atoms. The second-order valence-corrected chi connectivity index (χ2v) is 4.48. The Labute approximate surface area is 96.7 Å². The van der Waals surface area contributed by atoms with Crippen LogP contribution in [0.25, 0.3) is 0 Å². The van der Waals surface area contributed by atoms with Crippen LogP contribution >= 0.6 is 0 Å². The van der Waals surface area contributed by atoms with E-state index in [0.717, 1.165) is 19.3 Å². The van der Waals surface area contributed by atoms with Crippen molar-refractivity contribution in [2.45, 2.75) is 64.1 Å². The summed E-state index contributed by atoms with van der Waals surface area (Å²) in [5.74, 6) is 0. The van der Waals surface area contributed by atoms with Crippen LogP contribution in [0.3, 0.4) is 0 Å². The van der Waals surface area contributed by atoms with Gasteiger partial charge in [-0.3, -0.25) is 0 Å². The Morgan fingerprint density at radius 3 is 2.94 bits per heavy atom. The molecule has 0 spiro atoms. The highest BCUT2D eigenvalue weighted by Crippen LogP contribution is 2.23. The number of rotatable bonds is 6. The van der Waals surface area contributed by atoms with Crippen LogP contribution in [0, 0.1) is 0 Å². The predicted molar refractivity (Wildman–Crippen MR) is 63.7 cm³/mol. The van der Waals surface area contributed by atoms with Crippen LogP contribution in [0.1, 0.15) is 51.9 Å². The molecular weight excluding hydrogens is 204 g/mol. The normalized spacial score (nSPS) is 27.7. The van der Waals surface area contributed by atoms with Crippen molar-refractivity contribution in [2.24, 2.45) is 10.3 Å². The molecule has 0 aromatic carbocycles. The third kappa shape index (κ3) is 2.97. The minimum atomic E-state index is 0.0805. The van der Waals surface area contributed by atoms with Gasteiger partial charge in [0.2, 0.25) is 0 Å². The molecule has 90 valence electrons. The van der Waals surface area contributed by atoms with Crippen molar-refractivity contribution in [1.29, 1.82) is 0 Å². The SMILES string of the molecule is CCCCCCC1=NOC(C2CC=NO2)C1. The molecule has 0 amide bonds. The highest BCUT2D eigenvalue weighted by atomic mass is 16.7. The second-order valence-electron chi connectivity index (χ2n) is 4.48. The van der Waals surface area contributed by atoms with E-state index in [1.54, 1.807) is 6.21 Å². The molecule has 0 aromatic rings. The molecule has 4 nitrogen and oxygen atoms in total. The molecule has 0 aliphatic carbocycles. The maximum atomic E-state index is 5.39. The maximum absolute atomic E-state index is 5.39. The summed E-state index contributed by atoms with van der Waals surface area (Å²) < 4.78 is 0. The largest absolute Gasteiger partial charge is 0.388 e. The lowest BCUT2D eigenvalue weighted by Crippen LogP contribution is -2.25. The van der Waals surface area contributed by atoms with E-state index in [4.69, 9.17) is 9.68 Å². The smallest absolute Gasteiger partial charge is 0.172 e. The zero-order valence-electron chi connectivity index (χ0n) is 9.89. The Hall–Kier alpha value is -1.06. The third-order valence-corrected chi connectivity index (χ3v) is 3.10. The fourth-order valence-corrected chi connectivity index (χ4v) is 2.08. The van der Waals surface area contributed by atoms with E-state index >= 15 is 0 Å². The summed E-state index contributed by atoms with van der Waals surface area (Å²) in [6, 6.07) is 0. The average Bonchev–Trinajstić information content (AvgIpc) is 2.94. The van der Waals surface area contributed by atoms with Crippen LogP contribution in [0.2, 0.25) is 0 Å². The lowest BCUT2D eigenvalue weighted by Gasteiger charge is -2.13. The van der Waals surface area contributed by atoms with Gasteiger partial charge in [-0.1, -0.05) is 36.5 Å². The van der Waals surface area contributed by atoms with Crippen LogP contribution in [-0.4, -0.2) is 24.1 Å². The summed E-state index contributed by atoms with van der Waals surface area (Å²) in [6.45, 7) is 2.23. The van der Waals surface area contributed by atoms with Crippen molar-refractivity contribution in [3.05, 3.63) is 0 Å². The molecule has 2 aliphatic rings. The van der Waals surface area contributed by atoms with Crippen molar-refractivity contribution in [2.75, 3.05) is 0 Å². The molecule has 2 unspecified atom stereocenters. The van der Waals surface area contributed by atoms with Crippen molar-refractivity contribution in [3.63, 3.8) is 0 Å². The standard InChI is InChI=1S/C12H20N2O2/c1-2-3-4-5-6-10-9-12(16-14-10)11-7-8-13-15-11/h8,11-12H,2-7,9H2,1H3. The van der Waals surface area contributed by atoms with Gasteiger partial charge in [0.1, 0.15) is 0 Å². The first-order valence-corrected chi connectivity index (χ1v) is 6.29. The highest BCUT2D eigenvalue weighted by molar-refractivity contribution is 5.85. The summed E-state index contributed by atoms with van der Waals surface area (Å²) in [5, 5.41) is 7.91. The first-order valence-electron chi connectivity index (χ1n) is 6.29. The number of nitrogens with zero attached hydrogens (tertiary/aromatic N) is 2. The summed E-state index contributed by atoms with van der Waals surface area (Å²) in [7, 11) is 0. The number of oxime groups is 2. The van der Waals surface area contributed by atoms with Gasteiger partial charge in [-0.05, 0) is 12.8 Å². The molecule has 0 radical (unpaired) electrons. The minimum Gasteiger partial charge on any atom is -0.388 e. The molecule has 2 heterocycles. The Morgan fingerprint density at radius 1 is 1.25 bits per heavy atom. The second kappa shape index (κ2) is 5.87. The van der Waals surface area contributed by atoms with Gasteiger partial charge in [0, 0.05) is 19.1 Å². The van der Waals surface area contributed by atoms with Gasteiger partial charge in [-0.25, -0.2) is 0 Å². The van der Waals surface area contributed by atoms with E-state index in [2.05, 4.69) is 17.2 Å². The number of hydrogen-bond donors (Lipinski definition) is 0. The van der Waals surface area contributed by atoms with Gasteiger partial charge in [0.25, 0.3) is 0 Å². The molecular formula is C12H20N2O2. The summed E-state index contributed by atoms with van der Waals surface area (Å²) >= 11 is 0. The van der Waals surface area contributed by atoms with Crippen molar-refractivity contribution >= 4 is 11.9 Å². The van der Waals surface area contributed by atoms with E-state index in [9.17, 15) is 0 Å². The zero-order valence-corrected chi connectivity index (χ0v) is 9.89. The van der Waals surface area contributed by atoms with E-state index in [1.807, 2.05) is 0 Å². The molecule has 2 atom stereocenters. The predicted octanol–water partition coefficient (Wildman–Crippen LogP) is 2.88. The Morgan fingerprint density at radius 2 is 2.19 bits per heavy atom. The van der Waals surface area contributed by atoms with E-state index in [-0.39, 0.29) is 12.2 Å². The summed E-state index contributed by atoms with van der Waals surface area (Å²) in [4.78, 5) is 10.6. The molecule has 2 rings (SSSR count). The monoisotopic (exact) mass is 224 g/mol. The Bertz CT molecular complexity index is 268. The summed E-state index contributed by atoms with van der Waals surface area (Å²) in [6.07, 6.45) is 9.92. The van der Waals surface area contributed by atoms with Gasteiger partial charge in [-0.2, -0.15) is 0 Å². The molecule has 0 aromatic heterocycles. The molecule has 0 N–H and O–H groups in total. The van der Waals surface area contributed by atoms with E-state index in [0.29, 0.717) is 0 Å². The molecule has 0 fully saturated rings. The quantitative estimate of drug-likeness (QED) is 0.651. The molecule has 0 saturated carbocycles. The molecule has 0 saturated heterocycles. The van der Waals surface area contributed by atoms with E-state index in [1.165, 1.54) is 31.4 Å². The van der Waals surface area contributed by atoms with Crippen LogP contribution in [0.4, 0.5) is 0 Å². The average molecular weight is 224 g/mol. The van der Waals surface area contributed by atoms with Crippen LogP contribution in [0.15, 0.2) is 10.3 Å². The number of unbranched alkanes of at least 4 members (excludes halogenated alkanes) is 3. The Kier molecular flexibility index (Phi) is 4.19. The molecule has 0 bridgehead atoms. The third-order valence-electron chi connectivity index (χ3n) is 3.10. The van der Waals surface area contributed by atoms with Crippen LogP contribution < -0.4 is 0 Å².